The highest BCUT2D eigenvalue weighted by Crippen LogP contribution is 2.37. The van der Waals surface area contributed by atoms with Gasteiger partial charge in [-0.1, -0.05) is 72.7 Å². The lowest BCUT2D eigenvalue weighted by Crippen LogP contribution is -2.51. The summed E-state index contributed by atoms with van der Waals surface area (Å²) < 4.78 is 33.6. The molecule has 5 rings (SSSR count). The van der Waals surface area contributed by atoms with Gasteiger partial charge in [-0.25, -0.2) is 8.78 Å². The Morgan fingerprint density at radius 1 is 1.24 bits per heavy atom. The molecule has 2 atom stereocenters. The van der Waals surface area contributed by atoms with Crippen LogP contribution in [0.4, 0.5) is 14.6 Å². The van der Waals surface area contributed by atoms with Gasteiger partial charge in [0.2, 0.25) is 5.92 Å². The van der Waals surface area contributed by atoms with Crippen molar-refractivity contribution in [3.63, 3.8) is 0 Å². The first kappa shape index (κ1) is 33.8. The summed E-state index contributed by atoms with van der Waals surface area (Å²) in [5, 5.41) is 15.7. The number of hydrogen-bond donors (Lipinski definition) is 1. The molecule has 2 fully saturated rings. The van der Waals surface area contributed by atoms with Crippen molar-refractivity contribution in [3.8, 4) is 12.1 Å². The standard InChI is InChI=1S/C37H44ClF2N5O/c1-3-33-31(16-15-26(2)23-29-13-6-11-28-12-7-14-32(38)34(28)29)35(45-21-20-42-30(25-45)17-19-41)44-36(43-33)46-22-5-4-9-27-10-8-18-37(39,40)24-27/h4,6-7,9,11-14,23,27,30,42H,3,5,8,10,15-18,20-22,24-25H2,1-2H3/b9-4+,26-23-/t27?,30-/m0/s1. The van der Waals surface area contributed by atoms with E-state index in [0.717, 1.165) is 77.2 Å². The monoisotopic (exact) mass is 647 g/mol. The third-order valence-corrected chi connectivity index (χ3v) is 9.25. The fourth-order valence-electron chi connectivity index (χ4n) is 6.62. The second kappa shape index (κ2) is 15.8. The van der Waals surface area contributed by atoms with Gasteiger partial charge in [0, 0.05) is 54.5 Å². The maximum Gasteiger partial charge on any atom is 0.318 e. The summed E-state index contributed by atoms with van der Waals surface area (Å²) >= 11 is 6.59. The van der Waals surface area contributed by atoms with Crippen molar-refractivity contribution in [1.82, 2.24) is 15.3 Å². The molecule has 1 saturated carbocycles. The molecule has 0 amide bonds. The number of aromatic nitrogens is 2. The van der Waals surface area contributed by atoms with Crippen LogP contribution in [0.3, 0.4) is 0 Å². The van der Waals surface area contributed by atoms with E-state index in [9.17, 15) is 14.0 Å². The summed E-state index contributed by atoms with van der Waals surface area (Å²) in [5.41, 5.74) is 4.39. The fraction of sp³-hybridized carbons (Fsp3) is 0.486. The zero-order valence-electron chi connectivity index (χ0n) is 26.9. The molecule has 3 aromatic rings. The van der Waals surface area contributed by atoms with E-state index in [1.165, 1.54) is 5.57 Å². The maximum absolute atomic E-state index is 13.8. The Morgan fingerprint density at radius 3 is 2.85 bits per heavy atom. The molecule has 6 nitrogen and oxygen atoms in total. The van der Waals surface area contributed by atoms with E-state index in [4.69, 9.17) is 26.3 Å². The topological polar surface area (TPSA) is 74.1 Å². The smallest absolute Gasteiger partial charge is 0.318 e. The first-order valence-electron chi connectivity index (χ1n) is 16.5. The van der Waals surface area contributed by atoms with Crippen molar-refractivity contribution < 1.29 is 13.5 Å². The van der Waals surface area contributed by atoms with E-state index in [1.807, 2.05) is 24.3 Å². The molecule has 1 saturated heterocycles. The minimum atomic E-state index is -2.56. The summed E-state index contributed by atoms with van der Waals surface area (Å²) in [6, 6.07) is 14.9. The van der Waals surface area contributed by atoms with Crippen molar-refractivity contribution in [3.05, 3.63) is 76.0 Å². The average Bonchev–Trinajstić information content (AvgIpc) is 3.03. The summed E-state index contributed by atoms with van der Waals surface area (Å²) in [4.78, 5) is 12.0. The molecule has 1 unspecified atom stereocenters. The molecular weight excluding hydrogens is 604 g/mol. The number of aryl methyl sites for hydroxylation is 1. The van der Waals surface area contributed by atoms with E-state index < -0.39 is 5.92 Å². The van der Waals surface area contributed by atoms with Gasteiger partial charge in [0.15, 0.2) is 0 Å². The number of halogens is 3. The first-order chi connectivity index (χ1) is 22.3. The highest BCUT2D eigenvalue weighted by molar-refractivity contribution is 6.36. The van der Waals surface area contributed by atoms with Crippen LogP contribution in [0.1, 0.15) is 75.6 Å². The highest BCUT2D eigenvalue weighted by atomic mass is 35.5. The van der Waals surface area contributed by atoms with Crippen molar-refractivity contribution in [2.75, 3.05) is 31.1 Å². The number of fused-ring (bicyclic) bond motifs is 1. The lowest BCUT2D eigenvalue weighted by Gasteiger charge is -2.35. The molecule has 244 valence electrons. The van der Waals surface area contributed by atoms with E-state index in [-0.39, 0.29) is 24.8 Å². The van der Waals surface area contributed by atoms with Crippen LogP contribution in [0.15, 0.2) is 54.1 Å². The molecule has 0 bridgehead atoms. The summed E-state index contributed by atoms with van der Waals surface area (Å²) in [6.45, 7) is 6.83. The van der Waals surface area contributed by atoms with Gasteiger partial charge >= 0.3 is 6.01 Å². The number of anilines is 1. The number of alkyl halides is 2. The second-order valence-corrected chi connectivity index (χ2v) is 12.9. The fourth-order valence-corrected chi connectivity index (χ4v) is 6.91. The molecule has 1 aliphatic carbocycles. The summed E-state index contributed by atoms with van der Waals surface area (Å²) in [6.07, 6.45) is 10.7. The number of allylic oxidation sites excluding steroid dienone is 2. The van der Waals surface area contributed by atoms with Gasteiger partial charge < -0.3 is 15.0 Å². The van der Waals surface area contributed by atoms with Crippen LogP contribution >= 0.6 is 11.6 Å². The minimum Gasteiger partial charge on any atom is -0.463 e. The zero-order chi connectivity index (χ0) is 32.5. The molecule has 0 spiro atoms. The number of nitrogens with one attached hydrogen (secondary N) is 1. The number of ether oxygens (including phenoxy) is 1. The Bertz CT molecular complexity index is 1600. The van der Waals surface area contributed by atoms with Gasteiger partial charge in [-0.05, 0) is 68.4 Å². The van der Waals surface area contributed by atoms with Crippen LogP contribution < -0.4 is 15.0 Å². The van der Waals surface area contributed by atoms with Gasteiger partial charge in [-0.15, -0.1) is 0 Å². The Labute approximate surface area is 276 Å². The van der Waals surface area contributed by atoms with Crippen molar-refractivity contribution in [2.24, 2.45) is 5.92 Å². The Balaban J connectivity index is 1.34. The Hall–Kier alpha value is -3.54. The van der Waals surface area contributed by atoms with Crippen LogP contribution in [-0.4, -0.2) is 48.2 Å². The SMILES string of the molecule is CCc1nc(OCC/C=C/C2CCCC(F)(F)C2)nc(N2CCN[C@@H](CC#N)C2)c1CC/C(C)=C\c1cccc2cccc(Cl)c12. The molecule has 2 aliphatic rings. The Kier molecular flexibility index (Phi) is 11.6. The maximum atomic E-state index is 13.8. The molecule has 1 N–H and O–H groups in total. The van der Waals surface area contributed by atoms with Crippen LogP contribution in [-0.2, 0) is 12.8 Å². The van der Waals surface area contributed by atoms with E-state index in [2.05, 4.69) is 60.5 Å². The van der Waals surface area contributed by atoms with E-state index in [0.29, 0.717) is 38.4 Å². The van der Waals surface area contributed by atoms with Crippen LogP contribution in [0.2, 0.25) is 5.02 Å². The summed E-state index contributed by atoms with van der Waals surface area (Å²) in [5.74, 6) is -1.77. The number of piperazine rings is 1. The van der Waals surface area contributed by atoms with Crippen LogP contribution in [0.5, 0.6) is 6.01 Å². The van der Waals surface area contributed by atoms with Gasteiger partial charge in [0.1, 0.15) is 5.82 Å². The quantitative estimate of drug-likeness (QED) is 0.157. The average molecular weight is 648 g/mol. The van der Waals surface area contributed by atoms with E-state index >= 15 is 0 Å². The number of benzene rings is 2. The normalized spacial score (nSPS) is 20.3. The first-order valence-corrected chi connectivity index (χ1v) is 16.9. The number of nitriles is 1. The van der Waals surface area contributed by atoms with Crippen molar-refractivity contribution in [2.45, 2.75) is 83.6 Å². The highest BCUT2D eigenvalue weighted by Gasteiger charge is 2.35. The zero-order valence-corrected chi connectivity index (χ0v) is 27.6. The Morgan fingerprint density at radius 2 is 2.07 bits per heavy atom. The predicted octanol–water partition coefficient (Wildman–Crippen LogP) is 8.72. The third-order valence-electron chi connectivity index (χ3n) is 8.94. The van der Waals surface area contributed by atoms with Gasteiger partial charge in [-0.2, -0.15) is 15.2 Å². The lowest BCUT2D eigenvalue weighted by molar-refractivity contribution is -0.0453. The molecule has 0 radical (unpaired) electrons. The molecule has 46 heavy (non-hydrogen) atoms. The molecule has 9 heteroatoms. The summed E-state index contributed by atoms with van der Waals surface area (Å²) in [7, 11) is 0. The predicted molar refractivity (Wildman–Crippen MR) is 183 cm³/mol. The second-order valence-electron chi connectivity index (χ2n) is 12.5. The minimum absolute atomic E-state index is 0.00480. The number of hydrogen-bond acceptors (Lipinski definition) is 6. The van der Waals surface area contributed by atoms with Gasteiger partial charge in [0.25, 0.3) is 0 Å². The third kappa shape index (κ3) is 8.83. The molecule has 1 aliphatic heterocycles. The van der Waals surface area contributed by atoms with Crippen LogP contribution in [0, 0.1) is 17.2 Å². The lowest BCUT2D eigenvalue weighted by atomic mass is 9.86. The van der Waals surface area contributed by atoms with Gasteiger partial charge in [0.05, 0.1) is 24.8 Å². The molecule has 2 heterocycles. The molecular formula is C37H44ClF2N5O. The van der Waals surface area contributed by atoms with Gasteiger partial charge in [-0.3, -0.25) is 0 Å². The number of rotatable bonds is 12. The number of nitrogens with zero attached hydrogens (tertiary/aromatic N) is 4. The molecule has 1 aromatic heterocycles. The van der Waals surface area contributed by atoms with Crippen molar-refractivity contribution >= 4 is 34.3 Å². The van der Waals surface area contributed by atoms with Crippen LogP contribution in [0.25, 0.3) is 16.8 Å². The van der Waals surface area contributed by atoms with Crippen molar-refractivity contribution in [1.29, 1.82) is 5.26 Å². The molecule has 2 aromatic carbocycles. The van der Waals surface area contributed by atoms with E-state index in [1.54, 1.807) is 0 Å². The largest absolute Gasteiger partial charge is 0.463 e.